The van der Waals surface area contributed by atoms with Gasteiger partial charge >= 0.3 is 0 Å². The number of para-hydroxylation sites is 1. The molecule has 1 saturated carbocycles. The summed E-state index contributed by atoms with van der Waals surface area (Å²) in [6.07, 6.45) is 9.59. The number of anilines is 1. The molecule has 1 N–H and O–H groups in total. The van der Waals surface area contributed by atoms with Crippen molar-refractivity contribution >= 4 is 5.69 Å². The highest BCUT2D eigenvalue weighted by atomic mass is 16.5. The molecule has 1 heterocycles. The van der Waals surface area contributed by atoms with Crippen molar-refractivity contribution in [3.63, 3.8) is 0 Å². The highest BCUT2D eigenvalue weighted by Gasteiger charge is 2.40. The van der Waals surface area contributed by atoms with Crippen molar-refractivity contribution in [2.75, 3.05) is 11.9 Å². The molecule has 1 aromatic carbocycles. The van der Waals surface area contributed by atoms with Gasteiger partial charge in [0.2, 0.25) is 0 Å². The molecule has 0 amide bonds. The molecule has 1 aliphatic heterocycles. The summed E-state index contributed by atoms with van der Waals surface area (Å²) in [5.74, 6) is 0. The van der Waals surface area contributed by atoms with Crippen LogP contribution in [0.4, 0.5) is 5.69 Å². The quantitative estimate of drug-likeness (QED) is 0.869. The van der Waals surface area contributed by atoms with Gasteiger partial charge in [0.25, 0.3) is 0 Å². The lowest BCUT2D eigenvalue weighted by Gasteiger charge is -2.33. The van der Waals surface area contributed by atoms with Gasteiger partial charge in [-0.05, 0) is 37.8 Å². The third-order valence-corrected chi connectivity index (χ3v) is 4.41. The van der Waals surface area contributed by atoms with E-state index in [0.717, 1.165) is 6.54 Å². The molecule has 2 nitrogen and oxygen atoms in total. The van der Waals surface area contributed by atoms with E-state index in [2.05, 4.69) is 29.6 Å². The maximum atomic E-state index is 6.35. The third-order valence-electron chi connectivity index (χ3n) is 4.41. The van der Waals surface area contributed by atoms with Crippen molar-refractivity contribution < 1.29 is 4.74 Å². The fraction of sp³-hybridized carbons (Fsp3) is 0.625. The first-order valence-electron chi connectivity index (χ1n) is 7.33. The topological polar surface area (TPSA) is 21.3 Å². The molecule has 18 heavy (non-hydrogen) atoms. The maximum absolute atomic E-state index is 6.35. The van der Waals surface area contributed by atoms with E-state index < -0.39 is 0 Å². The van der Waals surface area contributed by atoms with Gasteiger partial charge in [0.1, 0.15) is 0 Å². The summed E-state index contributed by atoms with van der Waals surface area (Å²) in [5, 5.41) is 3.48. The van der Waals surface area contributed by atoms with E-state index in [9.17, 15) is 0 Å². The molecule has 3 rings (SSSR count). The second-order valence-electron chi connectivity index (χ2n) is 5.77. The van der Waals surface area contributed by atoms with E-state index >= 15 is 0 Å². The van der Waals surface area contributed by atoms with Gasteiger partial charge in [0.15, 0.2) is 0 Å². The van der Waals surface area contributed by atoms with Crippen LogP contribution < -0.4 is 5.32 Å². The molecule has 0 bridgehead atoms. The standard InChI is InChI=1S/C16H23NO/c1-3-7-14(8-4-1)17-13-15-9-12-16(18-15)10-5-2-6-11-16/h1,3-4,7-8,15,17H,2,5-6,9-13H2. The van der Waals surface area contributed by atoms with Crippen molar-refractivity contribution in [2.45, 2.75) is 56.7 Å². The maximum Gasteiger partial charge on any atom is 0.0756 e. The Hall–Kier alpha value is -1.02. The van der Waals surface area contributed by atoms with E-state index in [1.807, 2.05) is 6.07 Å². The molecule has 2 fully saturated rings. The second kappa shape index (κ2) is 5.31. The number of hydrogen-bond acceptors (Lipinski definition) is 2. The Morgan fingerprint density at radius 1 is 1.06 bits per heavy atom. The zero-order valence-corrected chi connectivity index (χ0v) is 11.0. The minimum atomic E-state index is 0.251. The van der Waals surface area contributed by atoms with Crippen LogP contribution in [-0.4, -0.2) is 18.2 Å². The number of nitrogens with one attached hydrogen (secondary N) is 1. The predicted molar refractivity (Wildman–Crippen MR) is 74.9 cm³/mol. The largest absolute Gasteiger partial charge is 0.382 e. The molecule has 2 heteroatoms. The van der Waals surface area contributed by atoms with E-state index in [4.69, 9.17) is 4.74 Å². The molecule has 98 valence electrons. The highest BCUT2D eigenvalue weighted by Crippen LogP contribution is 2.41. The summed E-state index contributed by atoms with van der Waals surface area (Å²) >= 11 is 0. The first kappa shape index (κ1) is 12.0. The average Bonchev–Trinajstić information content (AvgIpc) is 2.82. The summed E-state index contributed by atoms with van der Waals surface area (Å²) in [5.41, 5.74) is 1.45. The van der Waals surface area contributed by atoms with Crippen LogP contribution >= 0.6 is 0 Å². The Morgan fingerprint density at radius 3 is 2.61 bits per heavy atom. The number of hydrogen-bond donors (Lipinski definition) is 1. The van der Waals surface area contributed by atoms with Crippen LogP contribution in [0.5, 0.6) is 0 Å². The van der Waals surface area contributed by atoms with Crippen molar-refractivity contribution in [3.05, 3.63) is 30.3 Å². The van der Waals surface area contributed by atoms with Crippen LogP contribution in [0.25, 0.3) is 0 Å². The molecule has 1 unspecified atom stereocenters. The molecule has 1 saturated heterocycles. The number of benzene rings is 1. The van der Waals surface area contributed by atoms with Gasteiger partial charge in [0.05, 0.1) is 11.7 Å². The van der Waals surface area contributed by atoms with Gasteiger partial charge in [-0.3, -0.25) is 0 Å². The van der Waals surface area contributed by atoms with Crippen molar-refractivity contribution in [1.82, 2.24) is 0 Å². The predicted octanol–water partition coefficient (Wildman–Crippen LogP) is 3.98. The van der Waals surface area contributed by atoms with E-state index in [1.165, 1.54) is 50.6 Å². The molecular weight excluding hydrogens is 222 g/mol. The molecule has 0 radical (unpaired) electrons. The molecule has 1 aromatic rings. The minimum Gasteiger partial charge on any atom is -0.382 e. The summed E-state index contributed by atoms with van der Waals surface area (Å²) < 4.78 is 6.35. The van der Waals surface area contributed by atoms with Crippen molar-refractivity contribution in [1.29, 1.82) is 0 Å². The SMILES string of the molecule is c1ccc(NCC2CCC3(CCCCC3)O2)cc1. The van der Waals surface area contributed by atoms with Crippen LogP contribution in [0.3, 0.4) is 0 Å². The van der Waals surface area contributed by atoms with Crippen LogP contribution in [0, 0.1) is 0 Å². The first-order valence-corrected chi connectivity index (χ1v) is 7.33. The minimum absolute atomic E-state index is 0.251. The van der Waals surface area contributed by atoms with Crippen LogP contribution in [0.15, 0.2) is 30.3 Å². The zero-order chi connectivity index (χ0) is 12.3. The smallest absolute Gasteiger partial charge is 0.0756 e. The molecule has 1 atom stereocenters. The van der Waals surface area contributed by atoms with Gasteiger partial charge in [-0.25, -0.2) is 0 Å². The summed E-state index contributed by atoms with van der Waals surface area (Å²) in [6, 6.07) is 10.4. The third kappa shape index (κ3) is 2.69. The summed E-state index contributed by atoms with van der Waals surface area (Å²) in [4.78, 5) is 0. The van der Waals surface area contributed by atoms with E-state index in [1.54, 1.807) is 0 Å². The van der Waals surface area contributed by atoms with Gasteiger partial charge < -0.3 is 10.1 Å². The van der Waals surface area contributed by atoms with Gasteiger partial charge in [-0.1, -0.05) is 37.5 Å². The normalized spacial score (nSPS) is 26.3. The van der Waals surface area contributed by atoms with Crippen molar-refractivity contribution in [2.24, 2.45) is 0 Å². The Kier molecular flexibility index (Phi) is 3.55. The molecule has 1 aliphatic carbocycles. The van der Waals surface area contributed by atoms with Crippen LogP contribution in [0.2, 0.25) is 0 Å². The lowest BCUT2D eigenvalue weighted by atomic mass is 9.83. The number of rotatable bonds is 3. The molecule has 2 aliphatic rings. The molecule has 1 spiro atoms. The Bertz CT molecular complexity index is 370. The first-order chi connectivity index (χ1) is 8.86. The lowest BCUT2D eigenvalue weighted by molar-refractivity contribution is -0.0588. The van der Waals surface area contributed by atoms with Crippen LogP contribution in [0.1, 0.15) is 44.9 Å². The number of ether oxygens (including phenoxy) is 1. The van der Waals surface area contributed by atoms with Crippen LogP contribution in [-0.2, 0) is 4.74 Å². The van der Waals surface area contributed by atoms with Gasteiger partial charge in [-0.15, -0.1) is 0 Å². The van der Waals surface area contributed by atoms with Gasteiger partial charge in [0, 0.05) is 12.2 Å². The van der Waals surface area contributed by atoms with Gasteiger partial charge in [-0.2, -0.15) is 0 Å². The Balaban J connectivity index is 1.50. The average molecular weight is 245 g/mol. The highest BCUT2D eigenvalue weighted by molar-refractivity contribution is 5.42. The Labute approximate surface area is 110 Å². The van der Waals surface area contributed by atoms with Crippen molar-refractivity contribution in [3.8, 4) is 0 Å². The Morgan fingerprint density at radius 2 is 1.83 bits per heavy atom. The molecular formula is C16H23NO. The summed E-state index contributed by atoms with van der Waals surface area (Å²) in [7, 11) is 0. The summed E-state index contributed by atoms with van der Waals surface area (Å²) in [6.45, 7) is 0.950. The van der Waals surface area contributed by atoms with E-state index in [0.29, 0.717) is 6.10 Å². The van der Waals surface area contributed by atoms with E-state index in [-0.39, 0.29) is 5.60 Å². The fourth-order valence-corrected chi connectivity index (χ4v) is 3.39. The zero-order valence-electron chi connectivity index (χ0n) is 11.0. The lowest BCUT2D eigenvalue weighted by Crippen LogP contribution is -2.33. The molecule has 0 aromatic heterocycles. The fourth-order valence-electron chi connectivity index (χ4n) is 3.39. The second-order valence-corrected chi connectivity index (χ2v) is 5.77. The monoisotopic (exact) mass is 245 g/mol.